The van der Waals surface area contributed by atoms with Crippen LogP contribution in [0.4, 0.5) is 0 Å². The van der Waals surface area contributed by atoms with Crippen LogP contribution in [0, 0.1) is 0 Å². The fourth-order valence-electron chi connectivity index (χ4n) is 2.12. The predicted molar refractivity (Wildman–Crippen MR) is 84.8 cm³/mol. The number of nitrogens with zero attached hydrogens (tertiary/aromatic N) is 2. The van der Waals surface area contributed by atoms with Crippen LogP contribution in [0.2, 0.25) is 0 Å². The van der Waals surface area contributed by atoms with Crippen LogP contribution in [0.15, 0.2) is 35.4 Å². The van der Waals surface area contributed by atoms with Crippen molar-refractivity contribution in [2.45, 2.75) is 4.90 Å². The molecule has 126 valence electrons. The van der Waals surface area contributed by atoms with E-state index in [9.17, 15) is 18.3 Å². The van der Waals surface area contributed by atoms with Crippen molar-refractivity contribution in [3.8, 4) is 5.75 Å². The van der Waals surface area contributed by atoms with Crippen molar-refractivity contribution in [1.29, 1.82) is 0 Å². The summed E-state index contributed by atoms with van der Waals surface area (Å²) in [5, 5.41) is 9.85. The highest BCUT2D eigenvalue weighted by atomic mass is 32.2. The number of benzene rings is 1. The standard InChI is InChI=1S/C15H20N2O5S/c1-16(2)6-5-15(19)13-11-12(3-4-14(13)18)23(20,21)17-7-9-22-10-8-17/h3-6,11,18H,7-10H2,1-2H3/b6-5+. The number of allylic oxidation sites excluding steroid dienone is 1. The van der Waals surface area contributed by atoms with Crippen LogP contribution in [0.5, 0.6) is 5.75 Å². The van der Waals surface area contributed by atoms with Crippen molar-refractivity contribution in [3.63, 3.8) is 0 Å². The van der Waals surface area contributed by atoms with Crippen molar-refractivity contribution in [2.75, 3.05) is 40.4 Å². The maximum absolute atomic E-state index is 12.6. The molecule has 1 aromatic rings. The van der Waals surface area contributed by atoms with Gasteiger partial charge in [-0.15, -0.1) is 0 Å². The lowest BCUT2D eigenvalue weighted by Gasteiger charge is -2.26. The molecule has 1 aliphatic rings. The molecule has 8 heteroatoms. The Morgan fingerprint density at radius 3 is 2.57 bits per heavy atom. The van der Waals surface area contributed by atoms with Gasteiger partial charge in [0.05, 0.1) is 23.7 Å². The Hall–Kier alpha value is -1.90. The molecule has 0 amide bonds. The molecule has 0 unspecified atom stereocenters. The Kier molecular flexibility index (Phi) is 5.40. The molecule has 1 heterocycles. The fraction of sp³-hybridized carbons (Fsp3) is 0.400. The molecule has 7 nitrogen and oxygen atoms in total. The highest BCUT2D eigenvalue weighted by molar-refractivity contribution is 7.89. The maximum atomic E-state index is 12.6. The van der Waals surface area contributed by atoms with Gasteiger partial charge in [-0.2, -0.15) is 4.31 Å². The second-order valence-corrected chi connectivity index (χ2v) is 7.28. The third kappa shape index (κ3) is 4.10. The summed E-state index contributed by atoms with van der Waals surface area (Å²) in [7, 11) is -0.205. The Bertz CT molecular complexity index is 707. The number of ether oxygens (including phenoxy) is 1. The van der Waals surface area contributed by atoms with E-state index in [1.54, 1.807) is 19.0 Å². The van der Waals surface area contributed by atoms with E-state index in [2.05, 4.69) is 0 Å². The molecule has 1 N–H and O–H groups in total. The first-order valence-electron chi connectivity index (χ1n) is 7.12. The van der Waals surface area contributed by atoms with Gasteiger partial charge in [0.2, 0.25) is 10.0 Å². The van der Waals surface area contributed by atoms with Crippen molar-refractivity contribution in [3.05, 3.63) is 36.0 Å². The lowest BCUT2D eigenvalue weighted by molar-refractivity contribution is 0.0730. The number of hydrogen-bond donors (Lipinski definition) is 1. The van der Waals surface area contributed by atoms with Crippen LogP contribution in [-0.2, 0) is 14.8 Å². The van der Waals surface area contributed by atoms with E-state index in [0.29, 0.717) is 13.2 Å². The molecule has 0 aromatic heterocycles. The average Bonchev–Trinajstić information content (AvgIpc) is 2.53. The Morgan fingerprint density at radius 1 is 1.30 bits per heavy atom. The summed E-state index contributed by atoms with van der Waals surface area (Å²) in [5.41, 5.74) is -0.0440. The lowest BCUT2D eigenvalue weighted by Crippen LogP contribution is -2.40. The van der Waals surface area contributed by atoms with Gasteiger partial charge in [0.15, 0.2) is 5.78 Å². The van der Waals surface area contributed by atoms with E-state index < -0.39 is 15.8 Å². The maximum Gasteiger partial charge on any atom is 0.243 e. The first-order valence-corrected chi connectivity index (χ1v) is 8.56. The van der Waals surface area contributed by atoms with Crippen molar-refractivity contribution in [1.82, 2.24) is 9.21 Å². The van der Waals surface area contributed by atoms with Crippen LogP contribution in [0.25, 0.3) is 0 Å². The third-order valence-corrected chi connectivity index (χ3v) is 5.26. The van der Waals surface area contributed by atoms with E-state index in [-0.39, 0.29) is 29.3 Å². The number of hydrogen-bond acceptors (Lipinski definition) is 6. The highest BCUT2D eigenvalue weighted by Crippen LogP contribution is 2.25. The van der Waals surface area contributed by atoms with E-state index in [1.807, 2.05) is 0 Å². The van der Waals surface area contributed by atoms with Gasteiger partial charge in [0.1, 0.15) is 5.75 Å². The minimum atomic E-state index is -3.71. The van der Waals surface area contributed by atoms with Crippen LogP contribution in [-0.4, -0.2) is 68.9 Å². The molecule has 0 spiro atoms. The van der Waals surface area contributed by atoms with Crippen molar-refractivity contribution < 1.29 is 23.1 Å². The first-order chi connectivity index (χ1) is 10.8. The number of aromatic hydroxyl groups is 1. The van der Waals surface area contributed by atoms with Gasteiger partial charge in [0, 0.05) is 39.5 Å². The summed E-state index contributed by atoms with van der Waals surface area (Å²) in [6.07, 6.45) is 2.81. The smallest absolute Gasteiger partial charge is 0.243 e. The predicted octanol–water partition coefficient (Wildman–Crippen LogP) is 0.671. The molecule has 23 heavy (non-hydrogen) atoms. The van der Waals surface area contributed by atoms with E-state index in [4.69, 9.17) is 4.74 Å². The first kappa shape index (κ1) is 17.5. The molecule has 1 fully saturated rings. The Balaban J connectivity index is 2.34. The number of carbonyl (C=O) groups is 1. The Morgan fingerprint density at radius 2 is 1.96 bits per heavy atom. The molecular formula is C15H20N2O5S. The van der Waals surface area contributed by atoms with Gasteiger partial charge in [-0.3, -0.25) is 4.79 Å². The van der Waals surface area contributed by atoms with Crippen LogP contribution >= 0.6 is 0 Å². The molecule has 0 aliphatic carbocycles. The quantitative estimate of drug-likeness (QED) is 0.626. The largest absolute Gasteiger partial charge is 0.507 e. The summed E-state index contributed by atoms with van der Waals surface area (Å²) < 4.78 is 31.6. The number of phenolic OH excluding ortho intramolecular Hbond substituents is 1. The minimum Gasteiger partial charge on any atom is -0.507 e. The Labute approximate surface area is 135 Å². The van der Waals surface area contributed by atoms with Gasteiger partial charge in [-0.1, -0.05) is 0 Å². The van der Waals surface area contributed by atoms with Crippen LogP contribution in [0.3, 0.4) is 0 Å². The lowest BCUT2D eigenvalue weighted by atomic mass is 10.1. The number of morpholine rings is 1. The van der Waals surface area contributed by atoms with Crippen molar-refractivity contribution in [2.24, 2.45) is 0 Å². The summed E-state index contributed by atoms with van der Waals surface area (Å²) >= 11 is 0. The number of ketones is 1. The van der Waals surface area contributed by atoms with E-state index in [1.165, 1.54) is 34.8 Å². The van der Waals surface area contributed by atoms with Gasteiger partial charge in [0.25, 0.3) is 0 Å². The number of carbonyl (C=O) groups excluding carboxylic acids is 1. The van der Waals surface area contributed by atoms with Crippen molar-refractivity contribution >= 4 is 15.8 Å². The molecule has 1 saturated heterocycles. The summed E-state index contributed by atoms with van der Waals surface area (Å²) in [4.78, 5) is 13.8. The minimum absolute atomic E-state index is 0.0150. The third-order valence-electron chi connectivity index (χ3n) is 3.37. The molecule has 1 aromatic carbocycles. The van der Waals surface area contributed by atoms with E-state index in [0.717, 1.165) is 0 Å². The monoisotopic (exact) mass is 340 g/mol. The topological polar surface area (TPSA) is 87.2 Å². The molecule has 0 radical (unpaired) electrons. The zero-order valence-electron chi connectivity index (χ0n) is 13.1. The fourth-order valence-corrected chi connectivity index (χ4v) is 3.55. The van der Waals surface area contributed by atoms with Gasteiger partial charge in [-0.25, -0.2) is 8.42 Å². The summed E-state index contributed by atoms with van der Waals surface area (Å²) in [6.45, 7) is 1.23. The molecule has 2 rings (SSSR count). The SMILES string of the molecule is CN(C)/C=C/C(=O)c1cc(S(=O)(=O)N2CCOCC2)ccc1O. The van der Waals surface area contributed by atoms with Gasteiger partial charge < -0.3 is 14.7 Å². The number of phenols is 1. The van der Waals surface area contributed by atoms with Crippen LogP contribution < -0.4 is 0 Å². The van der Waals surface area contributed by atoms with Crippen LogP contribution in [0.1, 0.15) is 10.4 Å². The van der Waals surface area contributed by atoms with Gasteiger partial charge >= 0.3 is 0 Å². The molecule has 1 aliphatic heterocycles. The van der Waals surface area contributed by atoms with E-state index >= 15 is 0 Å². The second kappa shape index (κ2) is 7.12. The van der Waals surface area contributed by atoms with Gasteiger partial charge in [-0.05, 0) is 18.2 Å². The number of rotatable bonds is 5. The summed E-state index contributed by atoms with van der Waals surface area (Å²) in [5.74, 6) is -0.713. The molecule has 0 bridgehead atoms. The summed E-state index contributed by atoms with van der Waals surface area (Å²) in [6, 6.07) is 3.74. The number of sulfonamides is 1. The molecule has 0 atom stereocenters. The zero-order chi connectivity index (χ0) is 17.0. The second-order valence-electron chi connectivity index (χ2n) is 5.34. The molecule has 0 saturated carbocycles. The highest BCUT2D eigenvalue weighted by Gasteiger charge is 2.27. The average molecular weight is 340 g/mol. The normalized spacial score (nSPS) is 16.6. The molecular weight excluding hydrogens is 320 g/mol. The zero-order valence-corrected chi connectivity index (χ0v) is 13.9.